The molecule has 3 atom stereocenters. The van der Waals surface area contributed by atoms with E-state index in [1.807, 2.05) is 25.1 Å². The van der Waals surface area contributed by atoms with Crippen LogP contribution in [0.15, 0.2) is 24.3 Å². The summed E-state index contributed by atoms with van der Waals surface area (Å²) in [6.07, 6.45) is 0.0455. The first kappa shape index (κ1) is 16.4. The van der Waals surface area contributed by atoms with Gasteiger partial charge in [-0.25, -0.2) is 0 Å². The Labute approximate surface area is 121 Å². The second-order valence-corrected chi connectivity index (χ2v) is 5.72. The molecule has 0 amide bonds. The van der Waals surface area contributed by atoms with Gasteiger partial charge in [0.2, 0.25) is 0 Å². The van der Waals surface area contributed by atoms with E-state index < -0.39 is 0 Å². The highest BCUT2D eigenvalue weighted by Crippen LogP contribution is 2.30. The summed E-state index contributed by atoms with van der Waals surface area (Å²) in [6, 6.07) is 8.16. The van der Waals surface area contributed by atoms with Gasteiger partial charge >= 0.3 is 0 Å². The molecule has 0 saturated heterocycles. The number of benzene rings is 1. The summed E-state index contributed by atoms with van der Waals surface area (Å²) in [5.41, 5.74) is 6.94. The Hall–Kier alpha value is -0.610. The van der Waals surface area contributed by atoms with Gasteiger partial charge in [0.1, 0.15) is 0 Å². The van der Waals surface area contributed by atoms with E-state index in [1.54, 1.807) is 7.11 Å². The summed E-state index contributed by atoms with van der Waals surface area (Å²) < 4.78 is 5.49. The Kier molecular flexibility index (Phi) is 5.81. The van der Waals surface area contributed by atoms with E-state index >= 15 is 0 Å². The van der Waals surface area contributed by atoms with Gasteiger partial charge in [0.05, 0.1) is 11.6 Å². The maximum absolute atomic E-state index is 6.06. The molecule has 0 bridgehead atoms. The lowest BCUT2D eigenvalue weighted by atomic mass is 9.91. The Morgan fingerprint density at radius 3 is 2.53 bits per heavy atom. The first-order valence-electron chi connectivity index (χ1n) is 6.58. The van der Waals surface area contributed by atoms with Crippen molar-refractivity contribution >= 4 is 11.6 Å². The first-order chi connectivity index (χ1) is 8.86. The summed E-state index contributed by atoms with van der Waals surface area (Å²) in [7, 11) is 3.80. The maximum atomic E-state index is 6.06. The number of ether oxygens (including phenoxy) is 1. The van der Waals surface area contributed by atoms with Crippen LogP contribution in [0.25, 0.3) is 0 Å². The highest BCUT2D eigenvalue weighted by Gasteiger charge is 2.37. The van der Waals surface area contributed by atoms with Crippen molar-refractivity contribution in [2.75, 3.05) is 20.7 Å². The Morgan fingerprint density at radius 1 is 1.42 bits per heavy atom. The van der Waals surface area contributed by atoms with Crippen LogP contribution >= 0.6 is 11.6 Å². The number of nitrogens with two attached hydrogens (primary N) is 1. The van der Waals surface area contributed by atoms with E-state index in [4.69, 9.17) is 22.1 Å². The quantitative estimate of drug-likeness (QED) is 0.872. The Bertz CT molecular complexity index is 413. The Balaban J connectivity index is 3.00. The molecule has 0 aliphatic carbocycles. The van der Waals surface area contributed by atoms with E-state index in [2.05, 4.69) is 31.9 Å². The number of hydrogen-bond acceptors (Lipinski definition) is 3. The first-order valence-corrected chi connectivity index (χ1v) is 6.96. The number of likely N-dealkylation sites (N-methyl/N-ethyl adjacent to an activating group) is 1. The van der Waals surface area contributed by atoms with Gasteiger partial charge in [-0.3, -0.25) is 4.90 Å². The van der Waals surface area contributed by atoms with Crippen molar-refractivity contribution in [2.24, 2.45) is 5.73 Å². The van der Waals surface area contributed by atoms with Crippen LogP contribution in [0.5, 0.6) is 0 Å². The molecule has 0 spiro atoms. The standard InChI is InChI=1S/C15H25ClN2O/c1-11(13-7-6-8-14(16)9-13)18(4)15(3,10-17)12(2)19-5/h6-9,11-12H,10,17H2,1-5H3. The van der Waals surface area contributed by atoms with Gasteiger partial charge < -0.3 is 10.5 Å². The summed E-state index contributed by atoms with van der Waals surface area (Å²) in [5, 5.41) is 0.756. The van der Waals surface area contributed by atoms with Gasteiger partial charge in [-0.1, -0.05) is 23.7 Å². The lowest BCUT2D eigenvalue weighted by molar-refractivity contribution is -0.0353. The molecule has 1 aromatic carbocycles. The van der Waals surface area contributed by atoms with E-state index in [1.165, 1.54) is 5.56 Å². The Morgan fingerprint density at radius 2 is 2.05 bits per heavy atom. The minimum atomic E-state index is -0.226. The largest absolute Gasteiger partial charge is 0.380 e. The topological polar surface area (TPSA) is 38.5 Å². The van der Waals surface area contributed by atoms with Gasteiger partial charge in [-0.2, -0.15) is 0 Å². The van der Waals surface area contributed by atoms with Gasteiger partial charge in [0.25, 0.3) is 0 Å². The van der Waals surface area contributed by atoms with Crippen LogP contribution in [0.4, 0.5) is 0 Å². The van der Waals surface area contributed by atoms with Gasteiger partial charge in [-0.05, 0) is 45.5 Å². The van der Waals surface area contributed by atoms with Crippen molar-refractivity contribution < 1.29 is 4.74 Å². The van der Waals surface area contributed by atoms with E-state index in [9.17, 15) is 0 Å². The molecule has 0 aliphatic rings. The molecule has 0 radical (unpaired) electrons. The monoisotopic (exact) mass is 284 g/mol. The molecule has 0 aromatic heterocycles. The molecule has 4 heteroatoms. The highest BCUT2D eigenvalue weighted by molar-refractivity contribution is 6.30. The molecule has 0 heterocycles. The molecule has 1 aromatic rings. The molecule has 0 saturated carbocycles. The lowest BCUT2D eigenvalue weighted by Crippen LogP contribution is -2.57. The fourth-order valence-electron chi connectivity index (χ4n) is 2.28. The summed E-state index contributed by atoms with van der Waals surface area (Å²) in [6.45, 7) is 6.86. The zero-order chi connectivity index (χ0) is 14.6. The molecule has 3 unspecified atom stereocenters. The van der Waals surface area contributed by atoms with Crippen LogP contribution in [0, 0.1) is 0 Å². The van der Waals surface area contributed by atoms with Gasteiger partial charge in [-0.15, -0.1) is 0 Å². The summed E-state index contributed by atoms with van der Waals surface area (Å²) in [5.74, 6) is 0. The average Bonchev–Trinajstić information content (AvgIpc) is 2.43. The second-order valence-electron chi connectivity index (χ2n) is 5.28. The average molecular weight is 285 g/mol. The zero-order valence-electron chi connectivity index (χ0n) is 12.5. The SMILES string of the molecule is COC(C)C(C)(CN)N(C)C(C)c1cccc(Cl)c1. The third-order valence-electron chi connectivity index (χ3n) is 4.36. The van der Waals surface area contributed by atoms with Crippen molar-refractivity contribution in [3.05, 3.63) is 34.9 Å². The molecular weight excluding hydrogens is 260 g/mol. The number of halogens is 1. The van der Waals surface area contributed by atoms with Gasteiger partial charge in [0.15, 0.2) is 0 Å². The van der Waals surface area contributed by atoms with Crippen LogP contribution in [0.3, 0.4) is 0 Å². The summed E-state index contributed by atoms with van der Waals surface area (Å²) >= 11 is 6.06. The third kappa shape index (κ3) is 3.48. The molecule has 1 rings (SSSR count). The van der Waals surface area contributed by atoms with Gasteiger partial charge in [0, 0.05) is 24.7 Å². The van der Waals surface area contributed by atoms with E-state index in [0.717, 1.165) is 5.02 Å². The number of methoxy groups -OCH3 is 1. The predicted octanol–water partition coefficient (Wildman–Crippen LogP) is 3.09. The normalized spacial score (nSPS) is 18.1. The number of hydrogen-bond donors (Lipinski definition) is 1. The van der Waals surface area contributed by atoms with Crippen molar-refractivity contribution in [3.8, 4) is 0 Å². The number of rotatable bonds is 6. The summed E-state index contributed by atoms with van der Waals surface area (Å²) in [4.78, 5) is 2.26. The maximum Gasteiger partial charge on any atom is 0.0736 e. The highest BCUT2D eigenvalue weighted by atomic mass is 35.5. The van der Waals surface area contributed by atoms with E-state index in [-0.39, 0.29) is 17.7 Å². The fourth-order valence-corrected chi connectivity index (χ4v) is 2.48. The molecule has 3 nitrogen and oxygen atoms in total. The van der Waals surface area contributed by atoms with E-state index in [0.29, 0.717) is 6.54 Å². The third-order valence-corrected chi connectivity index (χ3v) is 4.60. The van der Waals surface area contributed by atoms with Crippen molar-refractivity contribution in [2.45, 2.75) is 38.5 Å². The second kappa shape index (κ2) is 6.71. The van der Waals surface area contributed by atoms with Crippen LogP contribution in [-0.4, -0.2) is 37.2 Å². The molecule has 19 heavy (non-hydrogen) atoms. The zero-order valence-corrected chi connectivity index (χ0v) is 13.2. The molecule has 108 valence electrons. The van der Waals surface area contributed by atoms with Crippen molar-refractivity contribution in [1.82, 2.24) is 4.90 Å². The smallest absolute Gasteiger partial charge is 0.0736 e. The molecule has 0 fully saturated rings. The van der Waals surface area contributed by atoms with Crippen LogP contribution in [-0.2, 0) is 4.74 Å². The minimum Gasteiger partial charge on any atom is -0.380 e. The molecule has 2 N–H and O–H groups in total. The molecule has 0 aliphatic heterocycles. The predicted molar refractivity (Wildman–Crippen MR) is 81.6 cm³/mol. The van der Waals surface area contributed by atoms with Crippen molar-refractivity contribution in [1.29, 1.82) is 0 Å². The minimum absolute atomic E-state index is 0.0455. The molecular formula is C15H25ClN2O. The van der Waals surface area contributed by atoms with Crippen molar-refractivity contribution in [3.63, 3.8) is 0 Å². The van der Waals surface area contributed by atoms with Crippen LogP contribution < -0.4 is 5.73 Å². The lowest BCUT2D eigenvalue weighted by Gasteiger charge is -2.45. The number of nitrogens with zero attached hydrogens (tertiary/aromatic N) is 1. The van der Waals surface area contributed by atoms with Crippen LogP contribution in [0.1, 0.15) is 32.4 Å². The van der Waals surface area contributed by atoms with Crippen LogP contribution in [0.2, 0.25) is 5.02 Å². The fraction of sp³-hybridized carbons (Fsp3) is 0.600.